The van der Waals surface area contributed by atoms with Crippen molar-refractivity contribution in [2.24, 2.45) is 11.7 Å². The Labute approximate surface area is 146 Å². The van der Waals surface area contributed by atoms with Gasteiger partial charge in [-0.3, -0.25) is 0 Å². The van der Waals surface area contributed by atoms with Crippen LogP contribution in [0.2, 0.25) is 0 Å². The predicted molar refractivity (Wildman–Crippen MR) is 96.8 cm³/mol. The first-order valence-electron chi connectivity index (χ1n) is 8.82. The number of hydrogen-bond acceptors (Lipinski definition) is 6. The van der Waals surface area contributed by atoms with Gasteiger partial charge in [0.05, 0.1) is 6.04 Å². The number of fused-ring (bicyclic) bond motifs is 1. The number of nitrogens with zero attached hydrogens (tertiary/aromatic N) is 3. The molecule has 25 heavy (non-hydrogen) atoms. The zero-order chi connectivity index (χ0) is 17.2. The largest absolute Gasteiger partial charge is 0.407 e. The molecule has 4 rings (SSSR count). The van der Waals surface area contributed by atoms with E-state index in [2.05, 4.69) is 50.5 Å². The zero-order valence-corrected chi connectivity index (χ0v) is 14.2. The van der Waals surface area contributed by atoms with Crippen molar-refractivity contribution in [3.05, 3.63) is 41.9 Å². The van der Waals surface area contributed by atoms with Gasteiger partial charge in [0.2, 0.25) is 5.89 Å². The maximum Gasteiger partial charge on any atom is 0.312 e. The van der Waals surface area contributed by atoms with Gasteiger partial charge in [-0.2, -0.15) is 0 Å². The lowest BCUT2D eigenvalue weighted by atomic mass is 9.89. The Hall–Kier alpha value is -2.38. The molecule has 1 saturated heterocycles. The van der Waals surface area contributed by atoms with Crippen molar-refractivity contribution in [1.29, 1.82) is 0 Å². The molecule has 0 aliphatic carbocycles. The van der Waals surface area contributed by atoms with E-state index in [1.807, 2.05) is 0 Å². The van der Waals surface area contributed by atoms with E-state index in [-0.39, 0.29) is 12.1 Å². The highest BCUT2D eigenvalue weighted by molar-refractivity contribution is 5.83. The molecule has 1 aromatic carbocycles. The van der Waals surface area contributed by atoms with E-state index >= 15 is 0 Å². The van der Waals surface area contributed by atoms with Crippen molar-refractivity contribution >= 4 is 16.9 Å². The molecular formula is C18H24N6O. The van der Waals surface area contributed by atoms with Crippen LogP contribution in [0.1, 0.15) is 30.3 Å². The Bertz CT molecular complexity index is 833. The number of rotatable bonds is 5. The van der Waals surface area contributed by atoms with Gasteiger partial charge in [0, 0.05) is 23.6 Å². The number of para-hydroxylation sites is 1. The van der Waals surface area contributed by atoms with Gasteiger partial charge in [-0.15, -0.1) is 5.10 Å². The van der Waals surface area contributed by atoms with E-state index in [0.29, 0.717) is 11.8 Å². The summed E-state index contributed by atoms with van der Waals surface area (Å²) in [5.41, 5.74) is 14.3. The Morgan fingerprint density at radius 2 is 2.04 bits per heavy atom. The summed E-state index contributed by atoms with van der Waals surface area (Å²) in [7, 11) is 0. The highest BCUT2D eigenvalue weighted by Gasteiger charge is 2.28. The molecule has 7 heteroatoms. The quantitative estimate of drug-likeness (QED) is 0.656. The summed E-state index contributed by atoms with van der Waals surface area (Å²) in [4.78, 5) is 5.86. The fourth-order valence-corrected chi connectivity index (χ4v) is 3.74. The molecule has 0 bridgehead atoms. The number of H-pyrrole nitrogens is 1. The van der Waals surface area contributed by atoms with Gasteiger partial charge in [-0.25, -0.2) is 0 Å². The van der Waals surface area contributed by atoms with Gasteiger partial charge in [0.25, 0.3) is 0 Å². The molecule has 132 valence electrons. The third-order valence-corrected chi connectivity index (χ3v) is 5.25. The lowest BCUT2D eigenvalue weighted by molar-refractivity contribution is 0.163. The van der Waals surface area contributed by atoms with E-state index < -0.39 is 0 Å². The third kappa shape index (κ3) is 3.38. The second-order valence-corrected chi connectivity index (χ2v) is 6.79. The van der Waals surface area contributed by atoms with E-state index in [4.69, 9.17) is 15.9 Å². The molecule has 5 N–H and O–H groups in total. The van der Waals surface area contributed by atoms with Crippen LogP contribution in [-0.2, 0) is 6.42 Å². The van der Waals surface area contributed by atoms with Crippen LogP contribution in [0.15, 0.2) is 34.9 Å². The number of benzene rings is 1. The molecule has 2 aromatic heterocycles. The molecule has 1 fully saturated rings. The molecule has 0 radical (unpaired) electrons. The maximum absolute atomic E-state index is 6.27. The van der Waals surface area contributed by atoms with Crippen molar-refractivity contribution < 1.29 is 4.42 Å². The van der Waals surface area contributed by atoms with Gasteiger partial charge < -0.3 is 25.8 Å². The minimum absolute atomic E-state index is 0.0848. The van der Waals surface area contributed by atoms with Crippen molar-refractivity contribution in [3.63, 3.8) is 0 Å². The van der Waals surface area contributed by atoms with Crippen molar-refractivity contribution in [2.45, 2.75) is 25.3 Å². The highest BCUT2D eigenvalue weighted by Crippen LogP contribution is 2.29. The number of aromatic amines is 1. The van der Waals surface area contributed by atoms with E-state index in [0.717, 1.165) is 38.9 Å². The number of piperidine rings is 1. The number of likely N-dealkylation sites (tertiary alicyclic amines) is 1. The van der Waals surface area contributed by atoms with Gasteiger partial charge in [-0.1, -0.05) is 23.3 Å². The van der Waals surface area contributed by atoms with Crippen molar-refractivity contribution in [1.82, 2.24) is 20.1 Å². The lowest BCUT2D eigenvalue weighted by Gasteiger charge is -2.33. The Balaban J connectivity index is 1.30. The zero-order valence-electron chi connectivity index (χ0n) is 14.2. The van der Waals surface area contributed by atoms with Crippen LogP contribution in [0.25, 0.3) is 10.9 Å². The molecule has 0 spiro atoms. The van der Waals surface area contributed by atoms with Crippen LogP contribution in [0.4, 0.5) is 6.01 Å². The molecule has 0 amide bonds. The molecule has 3 heterocycles. The van der Waals surface area contributed by atoms with Crippen molar-refractivity contribution in [2.75, 3.05) is 25.4 Å². The molecule has 1 aliphatic heterocycles. The van der Waals surface area contributed by atoms with Crippen LogP contribution in [0.3, 0.4) is 0 Å². The molecule has 1 atom stereocenters. The number of nitrogens with two attached hydrogens (primary N) is 2. The van der Waals surface area contributed by atoms with E-state index in [1.165, 1.54) is 16.5 Å². The van der Waals surface area contributed by atoms with Gasteiger partial charge in [0.15, 0.2) is 0 Å². The summed E-state index contributed by atoms with van der Waals surface area (Å²) in [5.74, 6) is 0.818. The van der Waals surface area contributed by atoms with Crippen LogP contribution < -0.4 is 11.5 Å². The van der Waals surface area contributed by atoms with Gasteiger partial charge in [0.1, 0.15) is 0 Å². The smallest absolute Gasteiger partial charge is 0.312 e. The summed E-state index contributed by atoms with van der Waals surface area (Å²) in [6.07, 6.45) is 5.27. The standard InChI is InChI=1S/C18H24N6O/c19-16(17-22-23-18(20)25-17)12-5-8-24(9-6-12)10-7-13-11-21-15-4-2-1-3-14(13)15/h1-4,11-12,16,21H,5-10,19H2,(H2,20,23). The number of hydrogen-bond donors (Lipinski definition) is 3. The first kappa shape index (κ1) is 16.1. The molecule has 0 saturated carbocycles. The van der Waals surface area contributed by atoms with Crippen LogP contribution >= 0.6 is 0 Å². The average molecular weight is 340 g/mol. The Morgan fingerprint density at radius 3 is 2.80 bits per heavy atom. The average Bonchev–Trinajstić information content (AvgIpc) is 3.26. The number of aromatic nitrogens is 3. The summed E-state index contributed by atoms with van der Waals surface area (Å²) in [6.45, 7) is 3.16. The summed E-state index contributed by atoms with van der Waals surface area (Å²) < 4.78 is 5.28. The van der Waals surface area contributed by atoms with Crippen LogP contribution in [-0.4, -0.2) is 39.7 Å². The van der Waals surface area contributed by atoms with Crippen molar-refractivity contribution in [3.8, 4) is 0 Å². The molecule has 3 aromatic rings. The highest BCUT2D eigenvalue weighted by atomic mass is 16.4. The number of nitrogen functional groups attached to an aromatic ring is 1. The number of nitrogens with one attached hydrogen (secondary N) is 1. The predicted octanol–water partition coefficient (Wildman–Crippen LogP) is 2.09. The third-order valence-electron chi connectivity index (χ3n) is 5.25. The first-order chi connectivity index (χ1) is 12.2. The Morgan fingerprint density at radius 1 is 1.24 bits per heavy atom. The summed E-state index contributed by atoms with van der Waals surface area (Å²) >= 11 is 0. The summed E-state index contributed by atoms with van der Waals surface area (Å²) in [6, 6.07) is 8.32. The SMILES string of the molecule is Nc1nnc(C(N)C2CCN(CCc3c[nH]c4ccccc34)CC2)o1. The minimum Gasteiger partial charge on any atom is -0.407 e. The monoisotopic (exact) mass is 340 g/mol. The summed E-state index contributed by atoms with van der Waals surface area (Å²) in [5, 5.41) is 8.95. The van der Waals surface area contributed by atoms with E-state index in [9.17, 15) is 0 Å². The van der Waals surface area contributed by atoms with E-state index in [1.54, 1.807) is 0 Å². The van der Waals surface area contributed by atoms with Crippen LogP contribution in [0, 0.1) is 5.92 Å². The second-order valence-electron chi connectivity index (χ2n) is 6.79. The molecular weight excluding hydrogens is 316 g/mol. The van der Waals surface area contributed by atoms with Crippen LogP contribution in [0.5, 0.6) is 0 Å². The topological polar surface area (TPSA) is 110 Å². The molecule has 1 unspecified atom stereocenters. The minimum atomic E-state index is -0.222. The normalized spacial score (nSPS) is 18.0. The Kier molecular flexibility index (Phi) is 4.42. The first-order valence-corrected chi connectivity index (χ1v) is 8.82. The fourth-order valence-electron chi connectivity index (χ4n) is 3.74. The second kappa shape index (κ2) is 6.85. The molecule has 7 nitrogen and oxygen atoms in total. The fraction of sp³-hybridized carbons (Fsp3) is 0.444. The molecule has 1 aliphatic rings. The maximum atomic E-state index is 6.27. The number of anilines is 1. The van der Waals surface area contributed by atoms with Gasteiger partial charge >= 0.3 is 6.01 Å². The lowest BCUT2D eigenvalue weighted by Crippen LogP contribution is -2.38. The van der Waals surface area contributed by atoms with Gasteiger partial charge in [-0.05, 0) is 49.9 Å².